The third-order valence-electron chi connectivity index (χ3n) is 1.96. The molecule has 0 radical (unpaired) electrons. The molecule has 0 bridgehead atoms. The number of thiophene rings is 1. The molecule has 2 N–H and O–H groups in total. The minimum atomic E-state index is -0.0583. The van der Waals surface area contributed by atoms with Crippen LogP contribution in [0.25, 0.3) is 0 Å². The summed E-state index contributed by atoms with van der Waals surface area (Å²) in [6.07, 6.45) is 2.25. The summed E-state index contributed by atoms with van der Waals surface area (Å²) in [5.74, 6) is 0. The van der Waals surface area contributed by atoms with Crippen molar-refractivity contribution in [2.24, 2.45) is 0 Å². The van der Waals surface area contributed by atoms with E-state index >= 15 is 0 Å². The summed E-state index contributed by atoms with van der Waals surface area (Å²) < 4.78 is 1.07. The first-order valence-corrected chi connectivity index (χ1v) is 6.18. The van der Waals surface area contributed by atoms with Crippen molar-refractivity contribution < 1.29 is 4.79 Å². The van der Waals surface area contributed by atoms with Gasteiger partial charge < -0.3 is 10.6 Å². The van der Waals surface area contributed by atoms with Crippen molar-refractivity contribution >= 4 is 33.3 Å². The summed E-state index contributed by atoms with van der Waals surface area (Å²) in [6.45, 7) is 0.606. The van der Waals surface area contributed by atoms with Crippen LogP contribution in [-0.2, 0) is 6.54 Å². The number of carbonyl (C=O) groups is 1. The van der Waals surface area contributed by atoms with Crippen LogP contribution in [0.4, 0.5) is 4.79 Å². The van der Waals surface area contributed by atoms with Gasteiger partial charge in [-0.3, -0.25) is 0 Å². The van der Waals surface area contributed by atoms with Crippen molar-refractivity contribution in [1.29, 1.82) is 0 Å². The Morgan fingerprint density at radius 2 is 2.43 bits per heavy atom. The molecule has 76 valence electrons. The molecule has 1 aromatic rings. The van der Waals surface area contributed by atoms with Crippen LogP contribution in [0.15, 0.2) is 15.9 Å². The summed E-state index contributed by atoms with van der Waals surface area (Å²) in [6, 6.07) is 2.38. The highest BCUT2D eigenvalue weighted by molar-refractivity contribution is 9.10. The molecule has 1 aliphatic carbocycles. The maximum Gasteiger partial charge on any atom is 0.315 e. The van der Waals surface area contributed by atoms with Crippen molar-refractivity contribution in [3.8, 4) is 0 Å². The van der Waals surface area contributed by atoms with Gasteiger partial charge in [0.2, 0.25) is 0 Å². The van der Waals surface area contributed by atoms with Gasteiger partial charge in [0.15, 0.2) is 0 Å². The number of halogens is 1. The number of hydrogen-bond acceptors (Lipinski definition) is 2. The molecule has 1 saturated carbocycles. The zero-order chi connectivity index (χ0) is 9.97. The van der Waals surface area contributed by atoms with Gasteiger partial charge in [-0.1, -0.05) is 0 Å². The van der Waals surface area contributed by atoms with Gasteiger partial charge in [-0.05, 0) is 34.8 Å². The Hall–Kier alpha value is -0.550. The Bertz CT molecular complexity index is 335. The highest BCUT2D eigenvalue weighted by Gasteiger charge is 2.22. The number of rotatable bonds is 3. The molecule has 0 unspecified atom stereocenters. The summed E-state index contributed by atoms with van der Waals surface area (Å²) >= 11 is 5.01. The first-order valence-electron chi connectivity index (χ1n) is 4.51. The van der Waals surface area contributed by atoms with E-state index in [1.54, 1.807) is 11.3 Å². The largest absolute Gasteiger partial charge is 0.335 e. The van der Waals surface area contributed by atoms with Gasteiger partial charge in [-0.2, -0.15) is 0 Å². The van der Waals surface area contributed by atoms with Crippen LogP contribution in [0.2, 0.25) is 0 Å². The third kappa shape index (κ3) is 2.99. The number of amides is 2. The normalized spacial score (nSPS) is 15.2. The molecule has 0 spiro atoms. The number of hydrogen-bond donors (Lipinski definition) is 2. The van der Waals surface area contributed by atoms with Crippen molar-refractivity contribution in [3.63, 3.8) is 0 Å². The highest BCUT2D eigenvalue weighted by atomic mass is 79.9. The minimum absolute atomic E-state index is 0.0583. The molecule has 1 aliphatic rings. The van der Waals surface area contributed by atoms with E-state index in [9.17, 15) is 4.79 Å². The van der Waals surface area contributed by atoms with E-state index in [2.05, 4.69) is 26.6 Å². The smallest absolute Gasteiger partial charge is 0.315 e. The second kappa shape index (κ2) is 4.31. The van der Waals surface area contributed by atoms with Crippen LogP contribution in [0.1, 0.15) is 17.7 Å². The van der Waals surface area contributed by atoms with Gasteiger partial charge in [-0.15, -0.1) is 11.3 Å². The summed E-state index contributed by atoms with van der Waals surface area (Å²) in [4.78, 5) is 12.4. The van der Waals surface area contributed by atoms with E-state index in [1.807, 2.05) is 11.4 Å². The lowest BCUT2D eigenvalue weighted by molar-refractivity contribution is 0.240. The van der Waals surface area contributed by atoms with E-state index in [4.69, 9.17) is 0 Å². The zero-order valence-electron chi connectivity index (χ0n) is 7.55. The predicted octanol–water partition coefficient (Wildman–Crippen LogP) is 2.47. The Morgan fingerprint density at radius 1 is 1.64 bits per heavy atom. The van der Waals surface area contributed by atoms with Crippen molar-refractivity contribution in [2.45, 2.75) is 25.4 Å². The fourth-order valence-electron chi connectivity index (χ4n) is 1.08. The first-order chi connectivity index (χ1) is 6.74. The van der Waals surface area contributed by atoms with E-state index in [0.29, 0.717) is 12.6 Å². The fraction of sp³-hybridized carbons (Fsp3) is 0.444. The molecule has 2 rings (SSSR count). The second-order valence-corrected chi connectivity index (χ2v) is 5.24. The van der Waals surface area contributed by atoms with Crippen molar-refractivity contribution in [2.75, 3.05) is 0 Å². The van der Waals surface area contributed by atoms with Gasteiger partial charge in [0.25, 0.3) is 0 Å². The molecule has 2 amide bonds. The first kappa shape index (κ1) is 9.98. The average molecular weight is 275 g/mol. The number of urea groups is 1. The molecule has 1 aromatic heterocycles. The lowest BCUT2D eigenvalue weighted by Gasteiger charge is -2.04. The molecule has 0 atom stereocenters. The van der Waals surface area contributed by atoms with E-state index in [0.717, 1.165) is 22.2 Å². The standard InChI is InChI=1S/C9H11BrN2OS/c10-6-3-8(14-5-6)4-11-9(13)12-7-1-2-7/h3,5,7H,1-2,4H2,(H2,11,12,13). The van der Waals surface area contributed by atoms with Gasteiger partial charge in [-0.25, -0.2) is 4.79 Å². The molecular weight excluding hydrogens is 264 g/mol. The minimum Gasteiger partial charge on any atom is -0.335 e. The quantitative estimate of drug-likeness (QED) is 0.874. The Kier molecular flexibility index (Phi) is 3.08. The SMILES string of the molecule is O=C(NCc1cc(Br)cs1)NC1CC1. The lowest BCUT2D eigenvalue weighted by Crippen LogP contribution is -2.36. The molecule has 0 aromatic carbocycles. The van der Waals surface area contributed by atoms with Crippen molar-refractivity contribution in [1.82, 2.24) is 10.6 Å². The summed E-state index contributed by atoms with van der Waals surface area (Å²) in [5, 5.41) is 7.71. The Balaban J connectivity index is 1.73. The Labute approximate surface area is 95.0 Å². The summed E-state index contributed by atoms with van der Waals surface area (Å²) in [7, 11) is 0. The lowest BCUT2D eigenvalue weighted by atomic mass is 10.5. The maximum absolute atomic E-state index is 11.2. The number of carbonyl (C=O) groups excluding carboxylic acids is 1. The third-order valence-corrected chi connectivity index (χ3v) is 3.66. The molecule has 0 saturated heterocycles. The van der Waals surface area contributed by atoms with Crippen LogP contribution in [0.5, 0.6) is 0 Å². The van der Waals surface area contributed by atoms with Crippen molar-refractivity contribution in [3.05, 3.63) is 20.8 Å². The maximum atomic E-state index is 11.2. The van der Waals surface area contributed by atoms with Gasteiger partial charge in [0.1, 0.15) is 0 Å². The molecule has 0 aliphatic heterocycles. The van der Waals surface area contributed by atoms with Gasteiger partial charge in [0, 0.05) is 20.8 Å². The van der Waals surface area contributed by atoms with Crippen LogP contribution < -0.4 is 10.6 Å². The molecule has 3 nitrogen and oxygen atoms in total. The molecule has 1 fully saturated rings. The fourth-order valence-corrected chi connectivity index (χ4v) is 2.47. The van der Waals surface area contributed by atoms with Crippen LogP contribution in [0.3, 0.4) is 0 Å². The molecule has 1 heterocycles. The van der Waals surface area contributed by atoms with Crippen LogP contribution in [0, 0.1) is 0 Å². The monoisotopic (exact) mass is 274 g/mol. The van der Waals surface area contributed by atoms with Gasteiger partial charge in [0.05, 0.1) is 6.54 Å². The topological polar surface area (TPSA) is 41.1 Å². The van der Waals surface area contributed by atoms with Gasteiger partial charge >= 0.3 is 6.03 Å². The Morgan fingerprint density at radius 3 is 3.00 bits per heavy atom. The van der Waals surface area contributed by atoms with E-state index in [-0.39, 0.29) is 6.03 Å². The average Bonchev–Trinajstić information content (AvgIpc) is 2.85. The molecule has 14 heavy (non-hydrogen) atoms. The highest BCUT2D eigenvalue weighted by Crippen LogP contribution is 2.20. The van der Waals surface area contributed by atoms with Crippen LogP contribution in [-0.4, -0.2) is 12.1 Å². The second-order valence-electron chi connectivity index (χ2n) is 3.33. The van der Waals surface area contributed by atoms with Crippen LogP contribution >= 0.6 is 27.3 Å². The number of nitrogens with one attached hydrogen (secondary N) is 2. The van der Waals surface area contributed by atoms with E-state index < -0.39 is 0 Å². The molecular formula is C9H11BrN2OS. The molecule has 5 heteroatoms. The zero-order valence-corrected chi connectivity index (χ0v) is 9.95. The van der Waals surface area contributed by atoms with E-state index in [1.165, 1.54) is 0 Å². The predicted molar refractivity (Wildman–Crippen MR) is 60.4 cm³/mol. The summed E-state index contributed by atoms with van der Waals surface area (Å²) in [5.41, 5.74) is 0.